The maximum absolute atomic E-state index is 12.2. The van der Waals surface area contributed by atoms with Crippen LogP contribution in [0, 0.1) is 5.92 Å². The molecule has 2 rings (SSSR count). The van der Waals surface area contributed by atoms with Crippen molar-refractivity contribution in [2.75, 3.05) is 13.2 Å². The molecule has 2 atom stereocenters. The van der Waals surface area contributed by atoms with E-state index in [4.69, 9.17) is 4.74 Å². The summed E-state index contributed by atoms with van der Waals surface area (Å²) in [4.78, 5) is 0.221. The maximum Gasteiger partial charge on any atom is 0.446 e. The van der Waals surface area contributed by atoms with Crippen molar-refractivity contribution in [3.05, 3.63) is 29.8 Å². The molecule has 112 valence electrons. The molecule has 6 heteroatoms. The minimum absolute atomic E-state index is 0.0827. The molecule has 2 unspecified atom stereocenters. The van der Waals surface area contributed by atoms with Crippen LogP contribution in [0.25, 0.3) is 0 Å². The predicted octanol–water partition coefficient (Wildman–Crippen LogP) is 3.81. The molecule has 1 aliphatic rings. The smallest absolute Gasteiger partial charge is 0.381 e. The molecular weight excluding hydrogens is 287 g/mol. The van der Waals surface area contributed by atoms with Crippen molar-refractivity contribution in [3.8, 4) is 0 Å². The van der Waals surface area contributed by atoms with Gasteiger partial charge in [-0.3, -0.25) is 0 Å². The van der Waals surface area contributed by atoms with Gasteiger partial charge in [0.2, 0.25) is 0 Å². The maximum atomic E-state index is 12.2. The third-order valence-corrected chi connectivity index (χ3v) is 4.20. The van der Waals surface area contributed by atoms with E-state index in [-0.39, 0.29) is 16.7 Å². The second-order valence-corrected chi connectivity index (χ2v) is 6.12. The Morgan fingerprint density at radius 3 is 2.60 bits per heavy atom. The Kier molecular flexibility index (Phi) is 5.35. The summed E-state index contributed by atoms with van der Waals surface area (Å²) in [6.07, 6.45) is 1.06. The van der Waals surface area contributed by atoms with Gasteiger partial charge >= 0.3 is 5.51 Å². The van der Waals surface area contributed by atoms with Gasteiger partial charge in [0.05, 0.1) is 6.61 Å². The zero-order valence-corrected chi connectivity index (χ0v) is 12.1. The Labute approximate surface area is 121 Å². The first-order chi connectivity index (χ1) is 9.44. The molecule has 1 aromatic rings. The highest BCUT2D eigenvalue weighted by Gasteiger charge is 2.29. The first-order valence-corrected chi connectivity index (χ1v) is 7.41. The van der Waals surface area contributed by atoms with Crippen LogP contribution in [-0.4, -0.2) is 24.8 Å². The minimum atomic E-state index is -4.23. The van der Waals surface area contributed by atoms with Crippen molar-refractivity contribution in [3.63, 3.8) is 0 Å². The molecule has 1 fully saturated rings. The molecule has 1 heterocycles. The molecular formula is C14H18F3NOS. The highest BCUT2D eigenvalue weighted by Crippen LogP contribution is 2.36. The first-order valence-electron chi connectivity index (χ1n) is 6.60. The quantitative estimate of drug-likeness (QED) is 0.836. The summed E-state index contributed by atoms with van der Waals surface area (Å²) >= 11 is -0.0827. The van der Waals surface area contributed by atoms with Gasteiger partial charge in [-0.05, 0) is 48.7 Å². The molecule has 1 saturated heterocycles. The van der Waals surface area contributed by atoms with Gasteiger partial charge in [-0.1, -0.05) is 12.1 Å². The Balaban J connectivity index is 1.81. The molecule has 1 N–H and O–H groups in total. The zero-order chi connectivity index (χ0) is 14.6. The summed E-state index contributed by atoms with van der Waals surface area (Å²) in [5.41, 5.74) is -3.24. The lowest BCUT2D eigenvalue weighted by Gasteiger charge is -2.19. The van der Waals surface area contributed by atoms with Crippen LogP contribution in [-0.2, 0) is 11.3 Å². The van der Waals surface area contributed by atoms with E-state index < -0.39 is 5.51 Å². The summed E-state index contributed by atoms with van der Waals surface area (Å²) < 4.78 is 42.0. The zero-order valence-electron chi connectivity index (χ0n) is 11.2. The normalized spacial score (nSPS) is 21.1. The van der Waals surface area contributed by atoms with E-state index in [2.05, 4.69) is 12.2 Å². The van der Waals surface area contributed by atoms with Crippen molar-refractivity contribution in [1.82, 2.24) is 5.32 Å². The van der Waals surface area contributed by atoms with Crippen LogP contribution in [0.2, 0.25) is 0 Å². The van der Waals surface area contributed by atoms with Gasteiger partial charge in [0.1, 0.15) is 0 Å². The van der Waals surface area contributed by atoms with Crippen LogP contribution in [0.1, 0.15) is 18.9 Å². The summed E-state index contributed by atoms with van der Waals surface area (Å²) in [6, 6.07) is 6.84. The van der Waals surface area contributed by atoms with E-state index in [1.165, 1.54) is 12.1 Å². The molecule has 0 amide bonds. The molecule has 1 aromatic carbocycles. The molecule has 0 spiro atoms. The fourth-order valence-electron chi connectivity index (χ4n) is 2.20. The Morgan fingerprint density at radius 1 is 1.35 bits per heavy atom. The molecule has 0 bridgehead atoms. The number of halogens is 3. The van der Waals surface area contributed by atoms with Gasteiger partial charge in [-0.25, -0.2) is 0 Å². The molecule has 0 radical (unpaired) electrons. The van der Waals surface area contributed by atoms with Crippen molar-refractivity contribution in [1.29, 1.82) is 0 Å². The fourth-order valence-corrected chi connectivity index (χ4v) is 2.74. The molecule has 0 saturated carbocycles. The van der Waals surface area contributed by atoms with Crippen molar-refractivity contribution in [2.24, 2.45) is 5.92 Å². The van der Waals surface area contributed by atoms with Crippen molar-refractivity contribution >= 4 is 11.8 Å². The Morgan fingerprint density at radius 2 is 2.05 bits per heavy atom. The predicted molar refractivity (Wildman–Crippen MR) is 73.6 cm³/mol. The standard InChI is InChI=1S/C14H18F3NOS/c1-10(12-6-7-19-9-12)18-8-11-2-4-13(5-3-11)20-14(15,16)17/h2-5,10,12,18H,6-9H2,1H3. The molecule has 1 aliphatic heterocycles. The van der Waals surface area contributed by atoms with E-state index in [1.807, 2.05) is 0 Å². The SMILES string of the molecule is CC(NCc1ccc(SC(F)(F)F)cc1)C1CCOC1. The lowest BCUT2D eigenvalue weighted by Crippen LogP contribution is -2.33. The number of hydrogen-bond donors (Lipinski definition) is 1. The van der Waals surface area contributed by atoms with Gasteiger partial charge in [-0.15, -0.1) is 0 Å². The van der Waals surface area contributed by atoms with Gasteiger partial charge in [0, 0.05) is 24.1 Å². The van der Waals surface area contributed by atoms with Crippen LogP contribution in [0.15, 0.2) is 29.2 Å². The second kappa shape index (κ2) is 6.83. The monoisotopic (exact) mass is 305 g/mol. The highest BCUT2D eigenvalue weighted by atomic mass is 32.2. The average molecular weight is 305 g/mol. The second-order valence-electron chi connectivity index (χ2n) is 4.98. The number of rotatable bonds is 5. The molecule has 2 nitrogen and oxygen atoms in total. The lowest BCUT2D eigenvalue weighted by molar-refractivity contribution is -0.0328. The van der Waals surface area contributed by atoms with Crippen LogP contribution in [0.3, 0.4) is 0 Å². The number of nitrogens with one attached hydrogen (secondary N) is 1. The van der Waals surface area contributed by atoms with E-state index in [0.29, 0.717) is 18.5 Å². The van der Waals surface area contributed by atoms with Gasteiger partial charge in [0.25, 0.3) is 0 Å². The summed E-state index contributed by atoms with van der Waals surface area (Å²) in [5, 5.41) is 3.40. The minimum Gasteiger partial charge on any atom is -0.381 e. The van der Waals surface area contributed by atoms with Crippen molar-refractivity contribution in [2.45, 2.75) is 36.3 Å². The van der Waals surface area contributed by atoms with Gasteiger partial charge in [-0.2, -0.15) is 13.2 Å². The average Bonchev–Trinajstić information content (AvgIpc) is 2.89. The number of ether oxygens (including phenoxy) is 1. The van der Waals surface area contributed by atoms with Crippen LogP contribution in [0.5, 0.6) is 0 Å². The van der Waals surface area contributed by atoms with Crippen LogP contribution < -0.4 is 5.32 Å². The summed E-state index contributed by atoms with van der Waals surface area (Å²) in [6.45, 7) is 4.39. The summed E-state index contributed by atoms with van der Waals surface area (Å²) in [5.74, 6) is 0.523. The van der Waals surface area contributed by atoms with E-state index in [9.17, 15) is 13.2 Å². The third-order valence-electron chi connectivity index (χ3n) is 3.46. The number of benzene rings is 1. The number of thioether (sulfide) groups is 1. The lowest BCUT2D eigenvalue weighted by atomic mass is 10.0. The molecule has 0 aliphatic carbocycles. The van der Waals surface area contributed by atoms with E-state index >= 15 is 0 Å². The highest BCUT2D eigenvalue weighted by molar-refractivity contribution is 8.00. The number of hydrogen-bond acceptors (Lipinski definition) is 3. The Bertz CT molecular complexity index is 415. The first kappa shape index (κ1) is 15.7. The largest absolute Gasteiger partial charge is 0.446 e. The summed E-state index contributed by atoms with van der Waals surface area (Å²) in [7, 11) is 0. The van der Waals surface area contributed by atoms with Crippen LogP contribution in [0.4, 0.5) is 13.2 Å². The van der Waals surface area contributed by atoms with E-state index in [1.54, 1.807) is 12.1 Å². The topological polar surface area (TPSA) is 21.3 Å². The molecule has 20 heavy (non-hydrogen) atoms. The van der Waals surface area contributed by atoms with Crippen molar-refractivity contribution < 1.29 is 17.9 Å². The fraction of sp³-hybridized carbons (Fsp3) is 0.571. The number of alkyl halides is 3. The Hall–Kier alpha value is -0.720. The van der Waals surface area contributed by atoms with E-state index in [0.717, 1.165) is 25.2 Å². The third kappa shape index (κ3) is 5.00. The van der Waals surface area contributed by atoms with Gasteiger partial charge in [0.15, 0.2) is 0 Å². The van der Waals surface area contributed by atoms with Crippen LogP contribution >= 0.6 is 11.8 Å². The van der Waals surface area contributed by atoms with Gasteiger partial charge < -0.3 is 10.1 Å². The molecule has 0 aromatic heterocycles.